The van der Waals surface area contributed by atoms with Gasteiger partial charge in [-0.1, -0.05) is 69.7 Å². The van der Waals surface area contributed by atoms with Crippen molar-refractivity contribution in [2.75, 3.05) is 0 Å². The fourth-order valence-electron chi connectivity index (χ4n) is 3.11. The Morgan fingerprint density at radius 3 is 1.79 bits per heavy atom. The molecular formula is C21H35BO2. The molecule has 24 heavy (non-hydrogen) atoms. The van der Waals surface area contributed by atoms with E-state index in [9.17, 15) is 0 Å². The first-order valence-corrected chi connectivity index (χ1v) is 9.80. The molecule has 0 unspecified atom stereocenters. The molecule has 1 aliphatic rings. The minimum absolute atomic E-state index is 0.248. The van der Waals surface area contributed by atoms with Crippen molar-refractivity contribution >= 4 is 12.6 Å². The Morgan fingerprint density at radius 1 is 0.750 bits per heavy atom. The smallest absolute Gasteiger partial charge is 0.399 e. The molecule has 0 bridgehead atoms. The molecule has 2 rings (SSSR count). The van der Waals surface area contributed by atoms with E-state index in [1.807, 2.05) is 0 Å². The molecule has 1 saturated heterocycles. The molecule has 1 heterocycles. The number of benzene rings is 1. The second-order valence-electron chi connectivity index (χ2n) is 8.20. The molecule has 1 fully saturated rings. The summed E-state index contributed by atoms with van der Waals surface area (Å²) in [7, 11) is -0.248. The average Bonchev–Trinajstić information content (AvgIpc) is 2.75. The van der Waals surface area contributed by atoms with Gasteiger partial charge in [0, 0.05) is 0 Å². The van der Waals surface area contributed by atoms with Crippen LogP contribution in [0.3, 0.4) is 0 Å². The number of rotatable bonds is 9. The second kappa shape index (κ2) is 8.53. The summed E-state index contributed by atoms with van der Waals surface area (Å²) >= 11 is 0. The fourth-order valence-corrected chi connectivity index (χ4v) is 3.11. The van der Waals surface area contributed by atoms with Crippen molar-refractivity contribution in [3.05, 3.63) is 29.8 Å². The van der Waals surface area contributed by atoms with Gasteiger partial charge in [0.2, 0.25) is 0 Å². The van der Waals surface area contributed by atoms with E-state index in [1.54, 1.807) is 0 Å². The normalized spacial score (nSPS) is 19.0. The topological polar surface area (TPSA) is 18.5 Å². The molecule has 1 aliphatic heterocycles. The summed E-state index contributed by atoms with van der Waals surface area (Å²) in [4.78, 5) is 0. The maximum Gasteiger partial charge on any atom is 0.494 e. The summed E-state index contributed by atoms with van der Waals surface area (Å²) in [6, 6.07) is 8.80. The summed E-state index contributed by atoms with van der Waals surface area (Å²) in [5, 5.41) is 0. The molecule has 0 saturated carbocycles. The lowest BCUT2D eigenvalue weighted by Crippen LogP contribution is -2.41. The van der Waals surface area contributed by atoms with E-state index in [0.717, 1.165) is 5.46 Å². The lowest BCUT2D eigenvalue weighted by Gasteiger charge is -2.32. The molecule has 2 nitrogen and oxygen atoms in total. The Balaban J connectivity index is 1.76. The standard InChI is InChI=1S/C21H35BO2/c1-6-7-8-9-10-11-12-13-18-14-16-19(17-15-18)22-23-20(2,3)21(4,5)24-22/h14-17H,6-13H2,1-5H3. The quantitative estimate of drug-likeness (QED) is 0.453. The largest absolute Gasteiger partial charge is 0.494 e. The molecule has 0 aromatic heterocycles. The zero-order valence-corrected chi connectivity index (χ0v) is 16.4. The molecule has 1 aromatic rings. The van der Waals surface area contributed by atoms with Crippen LogP contribution in [0.25, 0.3) is 0 Å². The van der Waals surface area contributed by atoms with Gasteiger partial charge in [-0.25, -0.2) is 0 Å². The van der Waals surface area contributed by atoms with Crippen molar-refractivity contribution in [1.82, 2.24) is 0 Å². The first-order valence-electron chi connectivity index (χ1n) is 9.80. The fraction of sp³-hybridized carbons (Fsp3) is 0.714. The molecule has 1 aromatic carbocycles. The van der Waals surface area contributed by atoms with Gasteiger partial charge in [0.25, 0.3) is 0 Å². The van der Waals surface area contributed by atoms with E-state index in [1.165, 1.54) is 56.9 Å². The van der Waals surface area contributed by atoms with Crippen molar-refractivity contribution in [2.45, 2.75) is 97.2 Å². The Kier molecular flexibility index (Phi) is 6.94. The summed E-state index contributed by atoms with van der Waals surface area (Å²) < 4.78 is 12.2. The van der Waals surface area contributed by atoms with Gasteiger partial charge in [-0.3, -0.25) is 0 Å². The van der Waals surface area contributed by atoms with Crippen LogP contribution < -0.4 is 5.46 Å². The van der Waals surface area contributed by atoms with Gasteiger partial charge in [-0.15, -0.1) is 0 Å². The second-order valence-corrected chi connectivity index (χ2v) is 8.20. The van der Waals surface area contributed by atoms with Crippen LogP contribution in [0.4, 0.5) is 0 Å². The molecule has 0 amide bonds. The SMILES string of the molecule is CCCCCCCCCc1ccc(B2OC(C)(C)C(C)(C)O2)cc1. The predicted octanol–water partition coefficient (Wildman–Crippen LogP) is 5.28. The Labute approximate surface area is 149 Å². The van der Waals surface area contributed by atoms with Crippen LogP contribution in [0, 0.1) is 0 Å². The molecule has 0 atom stereocenters. The van der Waals surface area contributed by atoms with Gasteiger partial charge in [-0.05, 0) is 51.6 Å². The van der Waals surface area contributed by atoms with Gasteiger partial charge in [0.1, 0.15) is 0 Å². The van der Waals surface area contributed by atoms with E-state index in [2.05, 4.69) is 58.9 Å². The lowest BCUT2D eigenvalue weighted by molar-refractivity contribution is 0.00578. The van der Waals surface area contributed by atoms with Gasteiger partial charge < -0.3 is 9.31 Å². The Morgan fingerprint density at radius 2 is 1.25 bits per heavy atom. The lowest BCUT2D eigenvalue weighted by atomic mass is 9.78. The zero-order valence-electron chi connectivity index (χ0n) is 16.4. The monoisotopic (exact) mass is 330 g/mol. The number of hydrogen-bond donors (Lipinski definition) is 0. The number of aryl methyl sites for hydroxylation is 1. The Hall–Kier alpha value is -0.795. The van der Waals surface area contributed by atoms with E-state index in [4.69, 9.17) is 9.31 Å². The third kappa shape index (κ3) is 5.10. The van der Waals surface area contributed by atoms with Crippen LogP contribution >= 0.6 is 0 Å². The molecule has 0 aliphatic carbocycles. The molecule has 134 valence electrons. The van der Waals surface area contributed by atoms with Crippen molar-refractivity contribution in [3.63, 3.8) is 0 Å². The van der Waals surface area contributed by atoms with Crippen molar-refractivity contribution in [2.24, 2.45) is 0 Å². The first kappa shape index (κ1) is 19.5. The molecule has 0 radical (unpaired) electrons. The number of hydrogen-bond acceptors (Lipinski definition) is 2. The molecule has 0 N–H and O–H groups in total. The summed E-state index contributed by atoms with van der Waals surface area (Å²) in [6.07, 6.45) is 10.7. The summed E-state index contributed by atoms with van der Waals surface area (Å²) in [5.74, 6) is 0. The average molecular weight is 330 g/mol. The Bertz CT molecular complexity index is 477. The molecular weight excluding hydrogens is 295 g/mol. The van der Waals surface area contributed by atoms with Crippen LogP contribution in [-0.4, -0.2) is 18.3 Å². The van der Waals surface area contributed by atoms with Gasteiger partial charge >= 0.3 is 7.12 Å². The van der Waals surface area contributed by atoms with Gasteiger partial charge in [0.15, 0.2) is 0 Å². The van der Waals surface area contributed by atoms with Crippen molar-refractivity contribution in [3.8, 4) is 0 Å². The number of unbranched alkanes of at least 4 members (excludes halogenated alkanes) is 6. The highest BCUT2D eigenvalue weighted by Crippen LogP contribution is 2.36. The minimum atomic E-state index is -0.270. The third-order valence-corrected chi connectivity index (χ3v) is 5.57. The maximum atomic E-state index is 6.11. The van der Waals surface area contributed by atoms with Crippen molar-refractivity contribution in [1.29, 1.82) is 0 Å². The van der Waals surface area contributed by atoms with Crippen LogP contribution in [0.2, 0.25) is 0 Å². The highest BCUT2D eigenvalue weighted by molar-refractivity contribution is 6.62. The van der Waals surface area contributed by atoms with Gasteiger partial charge in [0.05, 0.1) is 11.2 Å². The van der Waals surface area contributed by atoms with Crippen LogP contribution in [0.15, 0.2) is 24.3 Å². The first-order chi connectivity index (χ1) is 11.4. The maximum absolute atomic E-state index is 6.11. The highest BCUT2D eigenvalue weighted by Gasteiger charge is 2.51. The van der Waals surface area contributed by atoms with Gasteiger partial charge in [-0.2, -0.15) is 0 Å². The van der Waals surface area contributed by atoms with E-state index >= 15 is 0 Å². The van der Waals surface area contributed by atoms with E-state index < -0.39 is 0 Å². The van der Waals surface area contributed by atoms with E-state index in [-0.39, 0.29) is 18.3 Å². The van der Waals surface area contributed by atoms with Crippen LogP contribution in [0.1, 0.15) is 85.1 Å². The predicted molar refractivity (Wildman–Crippen MR) is 104 cm³/mol. The van der Waals surface area contributed by atoms with Crippen LogP contribution in [-0.2, 0) is 15.7 Å². The van der Waals surface area contributed by atoms with E-state index in [0.29, 0.717) is 0 Å². The van der Waals surface area contributed by atoms with Crippen molar-refractivity contribution < 1.29 is 9.31 Å². The highest BCUT2D eigenvalue weighted by atomic mass is 16.7. The molecule has 3 heteroatoms. The summed E-state index contributed by atoms with van der Waals surface area (Å²) in [6.45, 7) is 10.7. The molecule has 0 spiro atoms. The van der Waals surface area contributed by atoms with Crippen LogP contribution in [0.5, 0.6) is 0 Å². The minimum Gasteiger partial charge on any atom is -0.399 e. The summed E-state index contributed by atoms with van der Waals surface area (Å²) in [5.41, 5.74) is 2.00. The zero-order chi connectivity index (χ0) is 17.6. The third-order valence-electron chi connectivity index (χ3n) is 5.57.